The van der Waals surface area contributed by atoms with Gasteiger partial charge in [-0.1, -0.05) is 107 Å². The topological polar surface area (TPSA) is 30.0 Å². The van der Waals surface area contributed by atoms with Crippen LogP contribution in [0.4, 0.5) is 0 Å². The summed E-state index contributed by atoms with van der Waals surface area (Å²) in [5, 5.41) is 0. The van der Waals surface area contributed by atoms with E-state index in [-0.39, 0.29) is 5.48 Å². The molecule has 0 heterocycles. The van der Waals surface area contributed by atoms with Crippen molar-refractivity contribution in [1.82, 2.24) is 0 Å². The fourth-order valence-electron chi connectivity index (χ4n) is 4.93. The van der Waals surface area contributed by atoms with Gasteiger partial charge in [0, 0.05) is 6.42 Å². The second-order valence-electron chi connectivity index (χ2n) is 11.1. The Morgan fingerprint density at radius 2 is 1.36 bits per heavy atom. The summed E-state index contributed by atoms with van der Waals surface area (Å²) in [5.41, 5.74) is 4.52. The number of nitrogens with zero attached hydrogens (tertiary/aromatic N) is 1. The van der Waals surface area contributed by atoms with Crippen LogP contribution in [0.5, 0.6) is 0 Å². The molecule has 0 saturated carbocycles. The van der Waals surface area contributed by atoms with E-state index >= 15 is 0 Å². The smallest absolute Gasteiger partial charge is 0.0821 e. The molecular formula is C31H51NO. The maximum Gasteiger partial charge on any atom is 0.0821 e. The SMILES string of the molecule is CCC(CCCCCC(CC)c1ccccc1)CC(C)c1ccc(CC[N+](C)(C)C)cc1.[OH-]. The molecule has 1 N–H and O–H groups in total. The van der Waals surface area contributed by atoms with Crippen LogP contribution in [-0.2, 0) is 6.42 Å². The minimum Gasteiger partial charge on any atom is -0.870 e. The molecule has 0 aliphatic heterocycles. The van der Waals surface area contributed by atoms with Gasteiger partial charge in [0.15, 0.2) is 0 Å². The first-order valence-electron chi connectivity index (χ1n) is 13.3. The van der Waals surface area contributed by atoms with E-state index in [0.717, 1.165) is 16.3 Å². The van der Waals surface area contributed by atoms with Gasteiger partial charge in [-0.15, -0.1) is 0 Å². The van der Waals surface area contributed by atoms with Gasteiger partial charge >= 0.3 is 0 Å². The van der Waals surface area contributed by atoms with E-state index in [1.165, 1.54) is 81.0 Å². The number of quaternary nitrogens is 1. The third-order valence-corrected chi connectivity index (χ3v) is 7.31. The minimum atomic E-state index is 0. The quantitative estimate of drug-likeness (QED) is 0.196. The van der Waals surface area contributed by atoms with Crippen LogP contribution in [0, 0.1) is 5.92 Å². The van der Waals surface area contributed by atoms with E-state index in [2.05, 4.69) is 96.5 Å². The lowest BCUT2D eigenvalue weighted by molar-refractivity contribution is -0.870. The van der Waals surface area contributed by atoms with Crippen molar-refractivity contribution < 1.29 is 9.96 Å². The zero-order valence-corrected chi connectivity index (χ0v) is 22.4. The molecule has 186 valence electrons. The van der Waals surface area contributed by atoms with Gasteiger partial charge in [-0.2, -0.15) is 0 Å². The molecule has 2 aromatic rings. The molecule has 3 unspecified atom stereocenters. The fraction of sp³-hybridized carbons (Fsp3) is 0.613. The highest BCUT2D eigenvalue weighted by Gasteiger charge is 2.14. The van der Waals surface area contributed by atoms with Crippen LogP contribution in [-0.4, -0.2) is 37.6 Å². The minimum absolute atomic E-state index is 0. The van der Waals surface area contributed by atoms with Gasteiger partial charge in [0.25, 0.3) is 0 Å². The van der Waals surface area contributed by atoms with Crippen LogP contribution in [0.25, 0.3) is 0 Å². The second-order valence-corrected chi connectivity index (χ2v) is 11.1. The maximum atomic E-state index is 2.43. The van der Waals surface area contributed by atoms with Crippen molar-refractivity contribution in [3.63, 3.8) is 0 Å². The number of hydrogen-bond donors (Lipinski definition) is 0. The molecule has 0 radical (unpaired) electrons. The summed E-state index contributed by atoms with van der Waals surface area (Å²) in [6.07, 6.45) is 11.9. The number of unbranched alkanes of at least 4 members (excludes halogenated alkanes) is 2. The molecule has 0 aromatic heterocycles. The van der Waals surface area contributed by atoms with Crippen LogP contribution in [0.1, 0.15) is 101 Å². The first kappa shape index (κ1) is 29.4. The van der Waals surface area contributed by atoms with Crippen molar-refractivity contribution in [1.29, 1.82) is 0 Å². The van der Waals surface area contributed by atoms with Gasteiger partial charge in [0.2, 0.25) is 0 Å². The second kappa shape index (κ2) is 15.3. The van der Waals surface area contributed by atoms with E-state index in [1.54, 1.807) is 0 Å². The fourth-order valence-corrected chi connectivity index (χ4v) is 4.93. The Bertz CT molecular complexity index is 732. The molecule has 2 aromatic carbocycles. The molecule has 0 aliphatic rings. The normalized spacial score (nSPS) is 14.4. The summed E-state index contributed by atoms with van der Waals surface area (Å²) < 4.78 is 1.03. The van der Waals surface area contributed by atoms with E-state index < -0.39 is 0 Å². The predicted molar refractivity (Wildman–Crippen MR) is 144 cm³/mol. The lowest BCUT2D eigenvalue weighted by Gasteiger charge is -2.24. The van der Waals surface area contributed by atoms with Gasteiger partial charge < -0.3 is 9.96 Å². The Morgan fingerprint density at radius 1 is 0.727 bits per heavy atom. The van der Waals surface area contributed by atoms with Crippen LogP contribution in [0.3, 0.4) is 0 Å². The Kier molecular flexibility index (Phi) is 13.6. The summed E-state index contributed by atoms with van der Waals surface area (Å²) in [4.78, 5) is 0. The molecule has 0 bridgehead atoms. The highest BCUT2D eigenvalue weighted by molar-refractivity contribution is 5.25. The lowest BCUT2D eigenvalue weighted by Crippen LogP contribution is -2.36. The number of likely N-dealkylation sites (N-methyl/N-ethyl adjacent to an activating group) is 1. The molecule has 2 rings (SSSR count). The number of benzene rings is 2. The van der Waals surface area contributed by atoms with Gasteiger partial charge in [-0.25, -0.2) is 0 Å². The molecule has 0 fully saturated rings. The number of hydrogen-bond acceptors (Lipinski definition) is 1. The summed E-state index contributed by atoms with van der Waals surface area (Å²) in [7, 11) is 6.81. The van der Waals surface area contributed by atoms with E-state index in [0.29, 0.717) is 5.92 Å². The molecule has 0 saturated heterocycles. The largest absolute Gasteiger partial charge is 0.870 e. The third kappa shape index (κ3) is 11.4. The molecule has 0 spiro atoms. The van der Waals surface area contributed by atoms with E-state index in [1.807, 2.05) is 0 Å². The zero-order chi connectivity index (χ0) is 23.4. The zero-order valence-electron chi connectivity index (χ0n) is 22.4. The van der Waals surface area contributed by atoms with Crippen molar-refractivity contribution in [3.05, 3.63) is 71.3 Å². The Hall–Kier alpha value is -1.64. The van der Waals surface area contributed by atoms with Crippen LogP contribution >= 0.6 is 0 Å². The Labute approximate surface area is 205 Å². The average Bonchev–Trinajstić information content (AvgIpc) is 2.79. The Morgan fingerprint density at radius 3 is 1.94 bits per heavy atom. The lowest BCUT2D eigenvalue weighted by atomic mass is 9.85. The molecule has 2 nitrogen and oxygen atoms in total. The predicted octanol–water partition coefficient (Wildman–Crippen LogP) is 8.42. The van der Waals surface area contributed by atoms with E-state index in [9.17, 15) is 0 Å². The van der Waals surface area contributed by atoms with Gasteiger partial charge in [0.05, 0.1) is 27.7 Å². The summed E-state index contributed by atoms with van der Waals surface area (Å²) in [6.45, 7) is 8.34. The summed E-state index contributed by atoms with van der Waals surface area (Å²) >= 11 is 0. The average molecular weight is 454 g/mol. The van der Waals surface area contributed by atoms with E-state index in [4.69, 9.17) is 0 Å². The summed E-state index contributed by atoms with van der Waals surface area (Å²) in [5.74, 6) is 2.26. The van der Waals surface area contributed by atoms with Crippen molar-refractivity contribution in [2.75, 3.05) is 27.7 Å². The first-order valence-corrected chi connectivity index (χ1v) is 13.3. The monoisotopic (exact) mass is 453 g/mol. The van der Waals surface area contributed by atoms with Crippen LogP contribution in [0.15, 0.2) is 54.6 Å². The van der Waals surface area contributed by atoms with Crippen LogP contribution in [0.2, 0.25) is 0 Å². The Balaban J connectivity index is 0.00000544. The van der Waals surface area contributed by atoms with Crippen molar-refractivity contribution in [2.24, 2.45) is 5.92 Å². The molecule has 2 heteroatoms. The van der Waals surface area contributed by atoms with Gasteiger partial charge in [0.1, 0.15) is 0 Å². The molecule has 0 amide bonds. The van der Waals surface area contributed by atoms with Gasteiger partial charge in [-0.05, 0) is 53.7 Å². The van der Waals surface area contributed by atoms with Crippen molar-refractivity contribution in [2.45, 2.75) is 90.4 Å². The third-order valence-electron chi connectivity index (χ3n) is 7.31. The molecular weight excluding hydrogens is 402 g/mol. The first-order chi connectivity index (χ1) is 15.3. The maximum absolute atomic E-state index is 2.43. The standard InChI is InChI=1S/C31H50N.H2O/c1-7-27(15-11-9-12-16-29(8-2)31-17-13-10-14-18-31)25-26(3)30-21-19-28(20-22-30)23-24-32(4,5)6;/h10,13-14,17-22,26-27,29H,7-9,11-12,15-16,23-25H2,1-6H3;1H2/q+1;/p-1. The highest BCUT2D eigenvalue weighted by Crippen LogP contribution is 2.30. The van der Waals surface area contributed by atoms with Gasteiger partial charge in [-0.3, -0.25) is 0 Å². The molecule has 33 heavy (non-hydrogen) atoms. The van der Waals surface area contributed by atoms with Crippen molar-refractivity contribution >= 4 is 0 Å². The molecule has 3 atom stereocenters. The highest BCUT2D eigenvalue weighted by atomic mass is 16.0. The summed E-state index contributed by atoms with van der Waals surface area (Å²) in [6, 6.07) is 20.6. The van der Waals surface area contributed by atoms with Crippen molar-refractivity contribution in [3.8, 4) is 0 Å². The number of rotatable bonds is 15. The van der Waals surface area contributed by atoms with Crippen LogP contribution < -0.4 is 0 Å². The molecule has 0 aliphatic carbocycles.